The topological polar surface area (TPSA) is 47.6 Å². The standard InChI is InChI=1S/C15H19ClFNO3/c1-3-20-15(19)9(2)18-13-6-7-21-14(13)10-4-5-11(16)12(17)8-10/h4-5,8-9,13-14,18H,3,6-7H2,1-2H3/t9?,13-,14+/m1/s1. The molecule has 0 aromatic heterocycles. The first-order valence-electron chi connectivity index (χ1n) is 7.02. The number of carbonyl (C=O) groups is 1. The third-order valence-corrected chi connectivity index (χ3v) is 3.77. The molecule has 1 aliphatic rings. The minimum absolute atomic E-state index is 0.0648. The summed E-state index contributed by atoms with van der Waals surface area (Å²) >= 11 is 5.69. The number of esters is 1. The average molecular weight is 316 g/mol. The molecule has 21 heavy (non-hydrogen) atoms. The Morgan fingerprint density at radius 3 is 3.05 bits per heavy atom. The molecule has 0 spiro atoms. The number of nitrogens with one attached hydrogen (secondary N) is 1. The molecular formula is C15H19ClFNO3. The number of halogens is 2. The summed E-state index contributed by atoms with van der Waals surface area (Å²) in [7, 11) is 0. The summed E-state index contributed by atoms with van der Waals surface area (Å²) in [6.07, 6.45) is 0.451. The van der Waals surface area contributed by atoms with Crippen LogP contribution in [0.5, 0.6) is 0 Å². The van der Waals surface area contributed by atoms with Crippen LogP contribution in [0.3, 0.4) is 0 Å². The Morgan fingerprint density at radius 1 is 1.62 bits per heavy atom. The number of hydrogen-bond acceptors (Lipinski definition) is 4. The van der Waals surface area contributed by atoms with E-state index in [-0.39, 0.29) is 23.1 Å². The van der Waals surface area contributed by atoms with Crippen LogP contribution in [-0.2, 0) is 14.3 Å². The van der Waals surface area contributed by atoms with Crippen molar-refractivity contribution in [1.82, 2.24) is 5.32 Å². The summed E-state index contributed by atoms with van der Waals surface area (Å²) in [5, 5.41) is 3.28. The van der Waals surface area contributed by atoms with Gasteiger partial charge in [-0.05, 0) is 38.0 Å². The lowest BCUT2D eigenvalue weighted by Gasteiger charge is -2.23. The van der Waals surface area contributed by atoms with Gasteiger partial charge in [0.05, 0.1) is 17.7 Å². The van der Waals surface area contributed by atoms with Crippen LogP contribution in [-0.4, -0.2) is 31.3 Å². The lowest BCUT2D eigenvalue weighted by Crippen LogP contribution is -2.43. The van der Waals surface area contributed by atoms with Crippen LogP contribution in [0.15, 0.2) is 18.2 Å². The molecule has 6 heteroatoms. The van der Waals surface area contributed by atoms with E-state index in [9.17, 15) is 9.18 Å². The maximum absolute atomic E-state index is 13.6. The molecule has 2 rings (SSSR count). The lowest BCUT2D eigenvalue weighted by atomic mass is 10.0. The molecule has 4 nitrogen and oxygen atoms in total. The zero-order valence-corrected chi connectivity index (χ0v) is 12.8. The Morgan fingerprint density at radius 2 is 2.38 bits per heavy atom. The highest BCUT2D eigenvalue weighted by atomic mass is 35.5. The Bertz CT molecular complexity index is 512. The van der Waals surface area contributed by atoms with E-state index in [4.69, 9.17) is 21.1 Å². The highest BCUT2D eigenvalue weighted by Gasteiger charge is 2.32. The van der Waals surface area contributed by atoms with Crippen molar-refractivity contribution in [2.75, 3.05) is 13.2 Å². The summed E-state index contributed by atoms with van der Waals surface area (Å²) in [5.74, 6) is -0.771. The SMILES string of the molecule is CCOC(=O)C(C)N[C@@H]1CCO[C@H]1c1ccc(Cl)c(F)c1. The van der Waals surface area contributed by atoms with Crippen molar-refractivity contribution in [3.63, 3.8) is 0 Å². The van der Waals surface area contributed by atoms with E-state index in [2.05, 4.69) is 5.32 Å². The molecule has 0 aliphatic carbocycles. The first kappa shape index (κ1) is 16.2. The molecule has 3 atom stereocenters. The van der Waals surface area contributed by atoms with Crippen molar-refractivity contribution in [1.29, 1.82) is 0 Å². The van der Waals surface area contributed by atoms with Crippen LogP contribution < -0.4 is 5.32 Å². The highest BCUT2D eigenvalue weighted by molar-refractivity contribution is 6.30. The number of hydrogen-bond donors (Lipinski definition) is 1. The van der Waals surface area contributed by atoms with Gasteiger partial charge in [-0.2, -0.15) is 0 Å². The molecule has 0 radical (unpaired) electrons. The van der Waals surface area contributed by atoms with Gasteiger partial charge in [0.2, 0.25) is 0 Å². The Balaban J connectivity index is 2.06. The van der Waals surface area contributed by atoms with Crippen LogP contribution >= 0.6 is 11.6 Å². The Labute approximate surface area is 128 Å². The van der Waals surface area contributed by atoms with E-state index in [1.165, 1.54) is 12.1 Å². The molecule has 1 unspecified atom stereocenters. The van der Waals surface area contributed by atoms with E-state index in [0.29, 0.717) is 18.8 Å². The predicted molar refractivity (Wildman–Crippen MR) is 77.7 cm³/mol. The van der Waals surface area contributed by atoms with Gasteiger partial charge < -0.3 is 9.47 Å². The van der Waals surface area contributed by atoms with Crippen molar-refractivity contribution in [2.45, 2.75) is 38.5 Å². The van der Waals surface area contributed by atoms with Crippen LogP contribution in [0, 0.1) is 5.82 Å². The lowest BCUT2D eigenvalue weighted by molar-refractivity contribution is -0.145. The first-order chi connectivity index (χ1) is 10.0. The van der Waals surface area contributed by atoms with Crippen molar-refractivity contribution in [3.8, 4) is 0 Å². The summed E-state index contributed by atoms with van der Waals surface area (Å²) in [6.45, 7) is 4.42. The fourth-order valence-electron chi connectivity index (χ4n) is 2.43. The third-order valence-electron chi connectivity index (χ3n) is 3.47. The zero-order valence-electron chi connectivity index (χ0n) is 12.1. The summed E-state index contributed by atoms with van der Waals surface area (Å²) in [4.78, 5) is 11.7. The van der Waals surface area contributed by atoms with Gasteiger partial charge >= 0.3 is 5.97 Å². The quantitative estimate of drug-likeness (QED) is 0.849. The van der Waals surface area contributed by atoms with E-state index in [1.807, 2.05) is 0 Å². The smallest absolute Gasteiger partial charge is 0.322 e. The fourth-order valence-corrected chi connectivity index (χ4v) is 2.55. The molecule has 1 aliphatic heterocycles. The van der Waals surface area contributed by atoms with Gasteiger partial charge in [-0.15, -0.1) is 0 Å². The van der Waals surface area contributed by atoms with E-state index >= 15 is 0 Å². The van der Waals surface area contributed by atoms with E-state index in [0.717, 1.165) is 6.42 Å². The van der Waals surface area contributed by atoms with Gasteiger partial charge in [-0.25, -0.2) is 4.39 Å². The number of ether oxygens (including phenoxy) is 2. The molecule has 116 valence electrons. The largest absolute Gasteiger partial charge is 0.465 e. The first-order valence-corrected chi connectivity index (χ1v) is 7.40. The van der Waals surface area contributed by atoms with Crippen molar-refractivity contribution < 1.29 is 18.7 Å². The molecule has 1 aromatic carbocycles. The summed E-state index contributed by atoms with van der Waals surface area (Å²) < 4.78 is 24.2. The molecule has 0 amide bonds. The number of benzene rings is 1. The predicted octanol–water partition coefficient (Wildman–Crippen LogP) is 2.85. The van der Waals surface area contributed by atoms with Gasteiger partial charge in [0.1, 0.15) is 11.9 Å². The van der Waals surface area contributed by atoms with Crippen LogP contribution in [0.2, 0.25) is 5.02 Å². The Kier molecular flexibility index (Phi) is 5.56. The third kappa shape index (κ3) is 3.93. The van der Waals surface area contributed by atoms with E-state index < -0.39 is 11.9 Å². The zero-order chi connectivity index (χ0) is 15.4. The second-order valence-electron chi connectivity index (χ2n) is 5.00. The number of rotatable bonds is 5. The van der Waals surface area contributed by atoms with Gasteiger partial charge in [0.25, 0.3) is 0 Å². The number of carbonyl (C=O) groups excluding carboxylic acids is 1. The summed E-state index contributed by atoms with van der Waals surface area (Å²) in [5.41, 5.74) is 0.711. The fraction of sp³-hybridized carbons (Fsp3) is 0.533. The average Bonchev–Trinajstić information content (AvgIpc) is 2.90. The van der Waals surface area contributed by atoms with Crippen LogP contribution in [0.1, 0.15) is 31.9 Å². The Hall–Kier alpha value is -1.17. The normalized spacial score (nSPS) is 23.0. The highest BCUT2D eigenvalue weighted by Crippen LogP contribution is 2.31. The van der Waals surface area contributed by atoms with Gasteiger partial charge in [-0.1, -0.05) is 17.7 Å². The summed E-state index contributed by atoms with van der Waals surface area (Å²) in [6, 6.07) is 4.13. The minimum Gasteiger partial charge on any atom is -0.465 e. The monoisotopic (exact) mass is 315 g/mol. The van der Waals surface area contributed by atoms with Crippen molar-refractivity contribution >= 4 is 17.6 Å². The molecule has 1 saturated heterocycles. The minimum atomic E-state index is -0.471. The molecule has 0 bridgehead atoms. The molecule has 1 fully saturated rings. The van der Waals surface area contributed by atoms with Gasteiger partial charge in [0, 0.05) is 12.6 Å². The van der Waals surface area contributed by atoms with Crippen LogP contribution in [0.4, 0.5) is 4.39 Å². The van der Waals surface area contributed by atoms with Crippen molar-refractivity contribution in [2.24, 2.45) is 0 Å². The van der Waals surface area contributed by atoms with Crippen molar-refractivity contribution in [3.05, 3.63) is 34.6 Å². The van der Waals surface area contributed by atoms with Gasteiger partial charge in [0.15, 0.2) is 0 Å². The van der Waals surface area contributed by atoms with Crippen LogP contribution in [0.25, 0.3) is 0 Å². The molecule has 0 saturated carbocycles. The maximum Gasteiger partial charge on any atom is 0.322 e. The maximum atomic E-state index is 13.6. The molecule has 1 heterocycles. The second kappa shape index (κ2) is 7.20. The molecule has 1 N–H and O–H groups in total. The van der Waals surface area contributed by atoms with E-state index in [1.54, 1.807) is 19.9 Å². The molecular weight excluding hydrogens is 297 g/mol. The molecule has 1 aromatic rings. The van der Waals surface area contributed by atoms with Gasteiger partial charge in [-0.3, -0.25) is 10.1 Å². The second-order valence-corrected chi connectivity index (χ2v) is 5.41.